The van der Waals surface area contributed by atoms with Gasteiger partial charge >= 0.3 is 0 Å². The minimum absolute atomic E-state index is 0.720. The Kier molecular flexibility index (Phi) is 1.01. The zero-order valence-corrected chi connectivity index (χ0v) is 7.98. The highest BCUT2D eigenvalue weighted by Crippen LogP contribution is 2.10. The van der Waals surface area contributed by atoms with Gasteiger partial charge in [-0.15, -0.1) is 0 Å². The van der Waals surface area contributed by atoms with Crippen molar-refractivity contribution in [1.82, 2.24) is 15.0 Å². The third-order valence-electron chi connectivity index (χ3n) is 1.08. The van der Waals surface area contributed by atoms with Crippen LogP contribution in [0.2, 0.25) is 5.28 Å². The Balaban J connectivity index is 3.46. The molecule has 5 nitrogen and oxygen atoms in total. The standard InChI is InChI=1S/C9H16ClN5/c1-5(2)11-8-13-7(10)14-9(15-8)12-6(3)4/h5-6H,1-4H3,(H2,11,12,13,14,15)/i1D3,2D3,3D3,4D3,5D,6D. The van der Waals surface area contributed by atoms with Crippen molar-refractivity contribution in [1.29, 1.82) is 0 Å². The Morgan fingerprint density at radius 2 is 1.53 bits per heavy atom. The van der Waals surface area contributed by atoms with Gasteiger partial charge in [0.2, 0.25) is 17.2 Å². The number of hydrogen-bond acceptors (Lipinski definition) is 5. The highest BCUT2D eigenvalue weighted by molar-refractivity contribution is 6.28. The molecule has 0 aliphatic heterocycles. The molecule has 0 aliphatic carbocycles. The summed E-state index contributed by atoms with van der Waals surface area (Å²) < 4.78 is 104. The van der Waals surface area contributed by atoms with Crippen molar-refractivity contribution in [2.45, 2.75) is 39.4 Å². The Hall–Kier alpha value is -1.10. The molecule has 0 radical (unpaired) electrons. The Morgan fingerprint density at radius 1 is 1.07 bits per heavy atom. The highest BCUT2D eigenvalue weighted by atomic mass is 35.5. The fourth-order valence-electron chi connectivity index (χ4n) is 0.685. The van der Waals surface area contributed by atoms with Crippen molar-refractivity contribution in [3.8, 4) is 0 Å². The van der Waals surface area contributed by atoms with Crippen LogP contribution in [0.5, 0.6) is 0 Å². The van der Waals surface area contributed by atoms with E-state index in [1.165, 1.54) is 0 Å². The molecule has 0 fully saturated rings. The molecule has 6 heteroatoms. The van der Waals surface area contributed by atoms with Gasteiger partial charge in [-0.25, -0.2) is 0 Å². The molecule has 0 unspecified atom stereocenters. The second-order valence-corrected chi connectivity index (χ2v) is 2.59. The van der Waals surface area contributed by atoms with Crippen molar-refractivity contribution in [3.63, 3.8) is 0 Å². The van der Waals surface area contributed by atoms with E-state index >= 15 is 0 Å². The number of hydrogen-bond donors (Lipinski definition) is 2. The maximum Gasteiger partial charge on any atom is 0.228 e. The van der Waals surface area contributed by atoms with Gasteiger partial charge in [0.1, 0.15) is 0 Å². The van der Waals surface area contributed by atoms with Gasteiger partial charge in [-0.2, -0.15) is 15.0 Å². The third-order valence-corrected chi connectivity index (χ3v) is 1.25. The monoisotopic (exact) mass is 243 g/mol. The summed E-state index contributed by atoms with van der Waals surface area (Å²) in [6, 6.07) is -6.60. The summed E-state index contributed by atoms with van der Waals surface area (Å²) in [5.74, 6) is -1.73. The quantitative estimate of drug-likeness (QED) is 0.849. The lowest BCUT2D eigenvalue weighted by Crippen LogP contribution is -2.17. The molecule has 1 heterocycles. The van der Waals surface area contributed by atoms with E-state index in [4.69, 9.17) is 30.8 Å². The van der Waals surface area contributed by atoms with Crippen LogP contribution >= 0.6 is 11.6 Å². The minimum atomic E-state index is -3.40. The lowest BCUT2D eigenvalue weighted by atomic mass is 10.4. The fourth-order valence-corrected chi connectivity index (χ4v) is 0.846. The van der Waals surface area contributed by atoms with E-state index in [0.29, 0.717) is 0 Å². The summed E-state index contributed by atoms with van der Waals surface area (Å²) in [7, 11) is 0. The molecule has 1 rings (SSSR count). The maximum absolute atomic E-state index is 7.86. The molecule has 1 aromatic heterocycles. The number of anilines is 2. The summed E-state index contributed by atoms with van der Waals surface area (Å²) in [4.78, 5) is 10.3. The first-order valence-corrected chi connectivity index (χ1v) is 3.91. The number of aromatic nitrogens is 3. The summed E-state index contributed by atoms with van der Waals surface area (Å²) in [6.07, 6.45) is 0. The van der Waals surface area contributed by atoms with Gasteiger partial charge in [0.25, 0.3) is 0 Å². The molecule has 0 atom stereocenters. The lowest BCUT2D eigenvalue weighted by Gasteiger charge is -2.11. The number of halogens is 1. The van der Waals surface area contributed by atoms with E-state index < -0.39 is 56.6 Å². The minimum Gasteiger partial charge on any atom is -0.352 e. The SMILES string of the molecule is [2H]C([2H])([2H])C([2H])(Nc1nc(Cl)nc(NC([2H])(C([2H])([2H])[2H])C([2H])([2H])[2H])n1)C([2H])([2H])[2H]. The van der Waals surface area contributed by atoms with E-state index in [1.54, 1.807) is 10.6 Å². The van der Waals surface area contributed by atoms with Crippen LogP contribution in [0.1, 0.15) is 46.6 Å². The van der Waals surface area contributed by atoms with Gasteiger partial charge in [0.15, 0.2) is 0 Å². The van der Waals surface area contributed by atoms with Crippen molar-refractivity contribution in [2.75, 3.05) is 10.6 Å². The largest absolute Gasteiger partial charge is 0.352 e. The third kappa shape index (κ3) is 4.29. The van der Waals surface area contributed by atoms with Gasteiger partial charge in [-0.05, 0) is 39.0 Å². The van der Waals surface area contributed by atoms with Crippen molar-refractivity contribution < 1.29 is 19.2 Å². The second kappa shape index (κ2) is 5.11. The van der Waals surface area contributed by atoms with E-state index in [-0.39, 0.29) is 0 Å². The predicted octanol–water partition coefficient (Wildman–Crippen LogP) is 2.17. The van der Waals surface area contributed by atoms with Crippen LogP contribution in [0.15, 0.2) is 0 Å². The molecule has 84 valence electrons. The van der Waals surface area contributed by atoms with Gasteiger partial charge in [-0.3, -0.25) is 0 Å². The molecule has 0 spiro atoms. The van der Waals surface area contributed by atoms with Gasteiger partial charge in [0.05, 0.1) is 2.74 Å². The molecule has 0 saturated carbocycles. The van der Waals surface area contributed by atoms with Gasteiger partial charge in [0, 0.05) is 28.5 Å². The van der Waals surface area contributed by atoms with Crippen LogP contribution in [0.4, 0.5) is 11.9 Å². The Morgan fingerprint density at radius 3 is 1.93 bits per heavy atom. The van der Waals surface area contributed by atoms with Crippen molar-refractivity contribution in [2.24, 2.45) is 0 Å². The molecule has 0 bridgehead atoms. The number of nitrogens with one attached hydrogen (secondary N) is 2. The van der Waals surface area contributed by atoms with E-state index in [9.17, 15) is 0 Å². The first-order chi connectivity index (χ1) is 12.6. The summed E-state index contributed by atoms with van der Waals surface area (Å²) in [5.41, 5.74) is 0. The first-order valence-electron chi connectivity index (χ1n) is 10.5. The van der Waals surface area contributed by atoms with Crippen molar-refractivity contribution in [3.05, 3.63) is 5.28 Å². The maximum atomic E-state index is 7.86. The zero-order valence-electron chi connectivity index (χ0n) is 21.2. The van der Waals surface area contributed by atoms with Crippen LogP contribution < -0.4 is 10.6 Å². The zero-order chi connectivity index (χ0) is 23.3. The highest BCUT2D eigenvalue weighted by Gasteiger charge is 2.06. The molecule has 2 N–H and O–H groups in total. The van der Waals surface area contributed by atoms with Crippen LogP contribution in [-0.4, -0.2) is 27.0 Å². The Bertz CT molecular complexity index is 651. The topological polar surface area (TPSA) is 62.7 Å². The van der Waals surface area contributed by atoms with Gasteiger partial charge < -0.3 is 10.6 Å². The molecule has 0 aliphatic rings. The fraction of sp³-hybridized carbons (Fsp3) is 0.667. The van der Waals surface area contributed by atoms with Crippen LogP contribution in [-0.2, 0) is 0 Å². The predicted molar refractivity (Wildman–Crippen MR) is 62.4 cm³/mol. The number of rotatable bonds is 4. The molecular formula is C9H16ClN5. The summed E-state index contributed by atoms with van der Waals surface area (Å²) >= 11 is 5.64. The van der Waals surface area contributed by atoms with Crippen LogP contribution in [0.25, 0.3) is 0 Å². The molecule has 0 amide bonds. The van der Waals surface area contributed by atoms with Crippen molar-refractivity contribution >= 4 is 23.5 Å². The Labute approximate surface area is 114 Å². The average Bonchev–Trinajstić information content (AvgIpc) is 2.41. The summed E-state index contributed by atoms with van der Waals surface area (Å²) in [6.45, 7) is -13.6. The van der Waals surface area contributed by atoms with E-state index in [0.717, 1.165) is 0 Å². The first kappa shape index (κ1) is 2.97. The molecule has 0 aromatic carbocycles. The molecular weight excluding hydrogens is 214 g/mol. The molecule has 0 saturated heterocycles. The second-order valence-electron chi connectivity index (χ2n) is 2.25. The molecule has 1 aromatic rings. The molecule has 15 heavy (non-hydrogen) atoms. The smallest absolute Gasteiger partial charge is 0.228 e. The lowest BCUT2D eigenvalue weighted by molar-refractivity contribution is 0.845. The van der Waals surface area contributed by atoms with Gasteiger partial charge in [-0.1, -0.05) is 0 Å². The van der Waals surface area contributed by atoms with Crippen LogP contribution in [0.3, 0.4) is 0 Å². The van der Waals surface area contributed by atoms with E-state index in [1.807, 2.05) is 0 Å². The summed E-state index contributed by atoms with van der Waals surface area (Å²) in [5, 5.41) is 2.86. The van der Waals surface area contributed by atoms with E-state index in [2.05, 4.69) is 15.0 Å². The average molecular weight is 244 g/mol. The normalized spacial score (nSPS) is 29.4. The van der Waals surface area contributed by atoms with Crippen LogP contribution in [0, 0.1) is 0 Å². The number of nitrogens with zero attached hydrogens (tertiary/aromatic N) is 3.